The molecule has 4 bridgehead atoms. The Balaban J connectivity index is 1.30. The van der Waals surface area contributed by atoms with Gasteiger partial charge in [-0.25, -0.2) is 9.69 Å². The SMILES string of the molecule is [C-]#[N+]c1cc(C#N)cc(-c2ccc3c(c2)c2cc(-c4cc(C#N)cc([N+]#[C-])c4)ccc2n3-c2ccccc2C23CC4CC(CC(C4)C2)C3)c1. The van der Waals surface area contributed by atoms with Crippen molar-refractivity contribution in [1.82, 2.24) is 4.57 Å². The fraction of sp³-hybridized carbons (Fsp3) is 0.227. The van der Waals surface area contributed by atoms with Crippen LogP contribution >= 0.6 is 0 Å². The molecule has 6 aromatic rings. The van der Waals surface area contributed by atoms with E-state index in [-0.39, 0.29) is 5.41 Å². The molecule has 0 radical (unpaired) electrons. The van der Waals surface area contributed by atoms with Crippen LogP contribution in [0, 0.1) is 53.6 Å². The van der Waals surface area contributed by atoms with Gasteiger partial charge in [0.2, 0.25) is 0 Å². The average molecular weight is 630 g/mol. The smallest absolute Gasteiger partial charge is 0.189 e. The van der Waals surface area contributed by atoms with Gasteiger partial charge in [0.25, 0.3) is 0 Å². The van der Waals surface area contributed by atoms with Gasteiger partial charge in [-0.05, 0) is 156 Å². The number of rotatable bonds is 4. The van der Waals surface area contributed by atoms with Gasteiger partial charge in [0.15, 0.2) is 11.4 Å². The van der Waals surface area contributed by atoms with Gasteiger partial charge in [0.1, 0.15) is 0 Å². The summed E-state index contributed by atoms with van der Waals surface area (Å²) in [5.41, 5.74) is 10.5. The molecule has 4 saturated carbocycles. The summed E-state index contributed by atoms with van der Waals surface area (Å²) in [6.07, 6.45) is 8.02. The summed E-state index contributed by atoms with van der Waals surface area (Å²) in [6, 6.07) is 37.1. The Labute approximate surface area is 285 Å². The number of nitriles is 2. The summed E-state index contributed by atoms with van der Waals surface area (Å²) in [6.45, 7) is 15.2. The second-order valence-corrected chi connectivity index (χ2v) is 14.5. The molecule has 232 valence electrons. The molecule has 1 heterocycles. The van der Waals surface area contributed by atoms with Crippen LogP contribution in [-0.2, 0) is 5.41 Å². The van der Waals surface area contributed by atoms with Gasteiger partial charge in [-0.1, -0.05) is 30.3 Å². The first kappa shape index (κ1) is 29.0. The third kappa shape index (κ3) is 4.63. The highest BCUT2D eigenvalue weighted by atomic mass is 15.0. The molecule has 0 amide bonds. The zero-order valence-electron chi connectivity index (χ0n) is 26.9. The molecule has 5 aromatic carbocycles. The zero-order valence-corrected chi connectivity index (χ0v) is 26.9. The van der Waals surface area contributed by atoms with E-state index in [1.54, 1.807) is 12.1 Å². The van der Waals surface area contributed by atoms with E-state index in [0.29, 0.717) is 22.5 Å². The van der Waals surface area contributed by atoms with E-state index in [1.165, 1.54) is 49.8 Å². The van der Waals surface area contributed by atoms with Crippen molar-refractivity contribution in [2.24, 2.45) is 17.8 Å². The number of fused-ring (bicyclic) bond motifs is 3. The van der Waals surface area contributed by atoms with Gasteiger partial charge >= 0.3 is 0 Å². The number of para-hydroxylation sites is 1. The predicted molar refractivity (Wildman–Crippen MR) is 193 cm³/mol. The Hall–Kier alpha value is -6.14. The maximum atomic E-state index is 9.70. The van der Waals surface area contributed by atoms with Crippen LogP contribution in [0.1, 0.15) is 55.2 Å². The predicted octanol–water partition coefficient (Wildman–Crippen LogP) is 11.4. The first-order valence-electron chi connectivity index (χ1n) is 17.0. The summed E-state index contributed by atoms with van der Waals surface area (Å²) in [5.74, 6) is 2.49. The van der Waals surface area contributed by atoms with Crippen LogP contribution in [0.3, 0.4) is 0 Å². The number of nitrogens with zero attached hydrogens (tertiary/aromatic N) is 5. The molecule has 5 nitrogen and oxygen atoms in total. The van der Waals surface area contributed by atoms with E-state index >= 15 is 0 Å². The van der Waals surface area contributed by atoms with E-state index in [2.05, 4.69) is 87.1 Å². The average Bonchev–Trinajstić information content (AvgIpc) is 3.46. The van der Waals surface area contributed by atoms with Crippen molar-refractivity contribution >= 4 is 33.2 Å². The van der Waals surface area contributed by atoms with E-state index in [1.807, 2.05) is 24.3 Å². The van der Waals surface area contributed by atoms with Crippen molar-refractivity contribution in [2.45, 2.75) is 43.9 Å². The molecule has 4 aliphatic carbocycles. The third-order valence-electron chi connectivity index (χ3n) is 11.5. The lowest BCUT2D eigenvalue weighted by atomic mass is 9.48. The van der Waals surface area contributed by atoms with Gasteiger partial charge in [0.05, 0.1) is 36.3 Å². The monoisotopic (exact) mass is 629 g/mol. The maximum Gasteiger partial charge on any atom is 0.189 e. The number of aromatic nitrogens is 1. The third-order valence-corrected chi connectivity index (χ3v) is 11.5. The Kier molecular flexibility index (Phi) is 6.49. The van der Waals surface area contributed by atoms with Crippen molar-refractivity contribution in [1.29, 1.82) is 10.5 Å². The Bertz CT molecular complexity index is 2310. The summed E-state index contributed by atoms with van der Waals surface area (Å²) in [4.78, 5) is 7.27. The van der Waals surface area contributed by atoms with Crippen LogP contribution in [0.25, 0.3) is 59.4 Å². The number of benzene rings is 5. The summed E-state index contributed by atoms with van der Waals surface area (Å²) in [5, 5.41) is 21.6. The maximum absolute atomic E-state index is 9.70. The van der Waals surface area contributed by atoms with E-state index in [9.17, 15) is 10.5 Å². The van der Waals surface area contributed by atoms with Crippen LogP contribution in [0.5, 0.6) is 0 Å². The van der Waals surface area contributed by atoms with Crippen LogP contribution in [-0.4, -0.2) is 4.57 Å². The first-order valence-corrected chi connectivity index (χ1v) is 17.0. The normalized spacial score (nSPS) is 22.0. The summed E-state index contributed by atoms with van der Waals surface area (Å²) >= 11 is 0. The minimum atomic E-state index is 0.204. The molecule has 0 N–H and O–H groups in total. The molecular weight excluding hydrogens is 599 g/mol. The van der Waals surface area contributed by atoms with Gasteiger partial charge in [-0.15, -0.1) is 0 Å². The molecule has 10 rings (SSSR count). The molecule has 0 atom stereocenters. The van der Waals surface area contributed by atoms with Gasteiger partial charge in [-0.2, -0.15) is 10.5 Å². The lowest BCUT2D eigenvalue weighted by Gasteiger charge is -2.57. The molecule has 4 aliphatic rings. The van der Waals surface area contributed by atoms with E-state index in [0.717, 1.165) is 61.8 Å². The van der Waals surface area contributed by atoms with Crippen molar-refractivity contribution in [2.75, 3.05) is 0 Å². The topological polar surface area (TPSA) is 61.2 Å². The van der Waals surface area contributed by atoms with Crippen LogP contribution < -0.4 is 0 Å². The second-order valence-electron chi connectivity index (χ2n) is 14.5. The Morgan fingerprint density at radius 2 is 1.08 bits per heavy atom. The largest absolute Gasteiger partial charge is 0.309 e. The first-order chi connectivity index (χ1) is 24.0. The van der Waals surface area contributed by atoms with Crippen LogP contribution in [0.4, 0.5) is 11.4 Å². The molecule has 0 spiro atoms. The molecular formula is C44H31N5. The molecule has 49 heavy (non-hydrogen) atoms. The van der Waals surface area contributed by atoms with Gasteiger partial charge < -0.3 is 4.57 Å². The quantitative estimate of drug-likeness (QED) is 0.182. The van der Waals surface area contributed by atoms with Crippen molar-refractivity contribution < 1.29 is 0 Å². The van der Waals surface area contributed by atoms with Crippen molar-refractivity contribution in [3.8, 4) is 40.1 Å². The molecule has 0 saturated heterocycles. The van der Waals surface area contributed by atoms with Crippen LogP contribution in [0.2, 0.25) is 0 Å². The van der Waals surface area contributed by atoms with Gasteiger partial charge in [0, 0.05) is 27.6 Å². The van der Waals surface area contributed by atoms with Crippen molar-refractivity contribution in [3.63, 3.8) is 0 Å². The number of hydrogen-bond acceptors (Lipinski definition) is 2. The Morgan fingerprint density at radius 3 is 1.55 bits per heavy atom. The molecule has 5 heteroatoms. The highest BCUT2D eigenvalue weighted by Crippen LogP contribution is 2.61. The molecule has 0 aliphatic heterocycles. The fourth-order valence-electron chi connectivity index (χ4n) is 10.0. The van der Waals surface area contributed by atoms with Crippen molar-refractivity contribution in [3.05, 3.63) is 137 Å². The molecule has 4 fully saturated rings. The Morgan fingerprint density at radius 1 is 0.592 bits per heavy atom. The lowest BCUT2D eigenvalue weighted by Crippen LogP contribution is -2.48. The zero-order chi connectivity index (χ0) is 33.3. The fourth-order valence-corrected chi connectivity index (χ4v) is 10.0. The summed E-state index contributed by atoms with van der Waals surface area (Å²) in [7, 11) is 0. The lowest BCUT2D eigenvalue weighted by molar-refractivity contribution is -0.00515. The minimum Gasteiger partial charge on any atom is -0.309 e. The van der Waals surface area contributed by atoms with E-state index in [4.69, 9.17) is 13.1 Å². The standard InChI is InChI=1S/C44H31N5/c1-47-36-16-30(25-45)14-34(18-36)32-7-9-41-38(20-32)39-21-33(35-15-31(26-46)17-37(19-35)48-2)8-10-42(39)49(41)43-6-4-3-5-40(43)44-22-27-11-28(23-44)13-29(12-27)24-44/h3-10,14-21,27-29H,11-13,22-24H2. The molecule has 1 aromatic heterocycles. The molecule has 0 unspecified atom stereocenters. The minimum absolute atomic E-state index is 0.204. The van der Waals surface area contributed by atoms with E-state index < -0.39 is 0 Å². The summed E-state index contributed by atoms with van der Waals surface area (Å²) < 4.78 is 2.44. The van der Waals surface area contributed by atoms with Crippen LogP contribution in [0.15, 0.2) is 97.1 Å². The van der Waals surface area contributed by atoms with Gasteiger partial charge in [-0.3, -0.25) is 0 Å². The highest BCUT2D eigenvalue weighted by Gasteiger charge is 2.52. The highest BCUT2D eigenvalue weighted by molar-refractivity contribution is 6.12. The number of hydrogen-bond donors (Lipinski definition) is 0. The second kappa shape index (κ2) is 11.0.